The molecule has 7 heteroatoms. The molecule has 0 aliphatic carbocycles. The summed E-state index contributed by atoms with van der Waals surface area (Å²) < 4.78 is 0. The minimum absolute atomic E-state index is 0. The van der Waals surface area contributed by atoms with Crippen LogP contribution in [0.2, 0.25) is 0 Å². The van der Waals surface area contributed by atoms with Crippen LogP contribution in [0, 0.1) is 0 Å². The number of nitrogens with one attached hydrogen (secondary N) is 1. The minimum atomic E-state index is -1.91. The van der Waals surface area contributed by atoms with Gasteiger partial charge in [0.1, 0.15) is 0 Å². The van der Waals surface area contributed by atoms with Crippen LogP contribution in [0.4, 0.5) is 0 Å². The summed E-state index contributed by atoms with van der Waals surface area (Å²) in [4.78, 5) is 6.63. The summed E-state index contributed by atoms with van der Waals surface area (Å²) in [7, 11) is 0. The molecule has 0 saturated carbocycles. The van der Waals surface area contributed by atoms with Crippen LogP contribution in [0.25, 0.3) is 0 Å². The molecule has 0 spiro atoms. The van der Waals surface area contributed by atoms with Gasteiger partial charge in [-0.05, 0) is 23.2 Å². The summed E-state index contributed by atoms with van der Waals surface area (Å²) in [5, 5.41) is 9.32. The van der Waals surface area contributed by atoms with Crippen LogP contribution in [-0.4, -0.2) is 22.0 Å². The van der Waals surface area contributed by atoms with Crippen LogP contribution in [0.15, 0.2) is 9.98 Å². The van der Waals surface area contributed by atoms with E-state index in [1.165, 1.54) is 6.34 Å². The van der Waals surface area contributed by atoms with E-state index in [4.69, 9.17) is 28.3 Å². The largest absolute Gasteiger partial charge is 1.00 e. The first-order valence-electron chi connectivity index (χ1n) is 2.07. The van der Waals surface area contributed by atoms with Crippen LogP contribution >= 0.6 is 23.2 Å². The number of rotatable bonds is 0. The zero-order valence-electron chi connectivity index (χ0n) is 6.17. The number of alkyl halides is 1. The summed E-state index contributed by atoms with van der Waals surface area (Å²) in [6.07, 6.45) is 1.17. The molecule has 1 rings (SSSR count). The standard InChI is InChI=1S/C3H3Cl2N3O.Na.H/c4-2-6-1-7-3(5,9)8-2;;/h1,9H,(H,6,7,8);;/q;+1;-1. The van der Waals surface area contributed by atoms with E-state index in [0.717, 1.165) is 0 Å². The molecule has 0 radical (unpaired) electrons. The third-order valence-corrected chi connectivity index (χ3v) is 1.03. The first-order valence-corrected chi connectivity index (χ1v) is 2.83. The van der Waals surface area contributed by atoms with E-state index in [9.17, 15) is 0 Å². The molecule has 10 heavy (non-hydrogen) atoms. The molecule has 0 aromatic carbocycles. The molecule has 2 N–H and O–H groups in total. The van der Waals surface area contributed by atoms with E-state index < -0.39 is 5.31 Å². The summed E-state index contributed by atoms with van der Waals surface area (Å²) in [6.45, 7) is 0. The van der Waals surface area contributed by atoms with Crippen molar-refractivity contribution >= 4 is 34.8 Å². The van der Waals surface area contributed by atoms with Crippen molar-refractivity contribution in [3.8, 4) is 0 Å². The third-order valence-electron chi connectivity index (χ3n) is 0.653. The van der Waals surface area contributed by atoms with Crippen molar-refractivity contribution in [3.63, 3.8) is 0 Å². The fourth-order valence-electron chi connectivity index (χ4n) is 0.354. The van der Waals surface area contributed by atoms with Gasteiger partial charge < -0.3 is 11.8 Å². The van der Waals surface area contributed by atoms with E-state index in [1.807, 2.05) is 0 Å². The number of halogens is 2. The van der Waals surface area contributed by atoms with E-state index in [-0.39, 0.29) is 36.3 Å². The molecule has 0 aromatic heterocycles. The molecule has 1 unspecified atom stereocenters. The van der Waals surface area contributed by atoms with Crippen molar-refractivity contribution in [2.45, 2.75) is 5.31 Å². The van der Waals surface area contributed by atoms with Crippen molar-refractivity contribution in [3.05, 3.63) is 0 Å². The maximum absolute atomic E-state index is 8.80. The Morgan fingerprint density at radius 3 is 2.70 bits per heavy atom. The van der Waals surface area contributed by atoms with Crippen LogP contribution in [0.3, 0.4) is 0 Å². The number of aliphatic imine (C=N–C) groups is 2. The van der Waals surface area contributed by atoms with E-state index in [0.29, 0.717) is 0 Å². The predicted octanol–water partition coefficient (Wildman–Crippen LogP) is -2.83. The maximum atomic E-state index is 8.80. The summed E-state index contributed by atoms with van der Waals surface area (Å²) in [6, 6.07) is 0. The number of nitrogens with zero attached hydrogens (tertiary/aromatic N) is 2. The first-order chi connectivity index (χ1) is 4.10. The minimum Gasteiger partial charge on any atom is -1.00 e. The van der Waals surface area contributed by atoms with Crippen molar-refractivity contribution < 1.29 is 36.1 Å². The van der Waals surface area contributed by atoms with Crippen molar-refractivity contribution in [2.24, 2.45) is 9.98 Å². The molecular formula is C3H4Cl2N3NaO. The first kappa shape index (κ1) is 10.7. The van der Waals surface area contributed by atoms with Gasteiger partial charge in [-0.15, -0.1) is 0 Å². The Labute approximate surface area is 91.1 Å². The Bertz CT molecular complexity index is 185. The molecule has 1 atom stereocenters. The third kappa shape index (κ3) is 3.18. The average molecular weight is 192 g/mol. The van der Waals surface area contributed by atoms with E-state index >= 15 is 0 Å². The van der Waals surface area contributed by atoms with E-state index in [1.54, 1.807) is 0 Å². The number of hydrogen-bond acceptors (Lipinski definition) is 4. The maximum Gasteiger partial charge on any atom is 1.00 e. The quantitative estimate of drug-likeness (QED) is 0.247. The summed E-state index contributed by atoms with van der Waals surface area (Å²) in [5.74, 6) is 0. The van der Waals surface area contributed by atoms with Gasteiger partial charge in [0.25, 0.3) is 0 Å². The molecule has 0 bridgehead atoms. The van der Waals surface area contributed by atoms with Crippen LogP contribution in [-0.2, 0) is 0 Å². The molecule has 4 nitrogen and oxygen atoms in total. The second kappa shape index (κ2) is 3.90. The predicted molar refractivity (Wildman–Crippen MR) is 36.8 cm³/mol. The molecule has 0 saturated heterocycles. The molecule has 1 aliphatic rings. The van der Waals surface area contributed by atoms with Crippen molar-refractivity contribution in [1.82, 2.24) is 5.32 Å². The number of aliphatic hydroxyl groups is 1. The molecule has 0 amide bonds. The second-order valence-corrected chi connectivity index (χ2v) is 2.22. The van der Waals surface area contributed by atoms with Gasteiger partial charge in [0.15, 0.2) is 0 Å². The molecule has 1 heterocycles. The van der Waals surface area contributed by atoms with Crippen molar-refractivity contribution in [1.29, 1.82) is 0 Å². The molecule has 1 aliphatic heterocycles. The molecular weight excluding hydrogens is 188 g/mol. The Balaban J connectivity index is 0. The molecule has 52 valence electrons. The van der Waals surface area contributed by atoms with Gasteiger partial charge in [-0.3, -0.25) is 0 Å². The molecule has 0 aromatic rings. The number of hydrogen-bond donors (Lipinski definition) is 2. The van der Waals surface area contributed by atoms with Crippen LogP contribution in [0.1, 0.15) is 1.43 Å². The summed E-state index contributed by atoms with van der Waals surface area (Å²) in [5.41, 5.74) is 0. The smallest absolute Gasteiger partial charge is 1.00 e. The van der Waals surface area contributed by atoms with Gasteiger partial charge in [-0.1, -0.05) is 0 Å². The Kier molecular flexibility index (Phi) is 4.16. The Morgan fingerprint density at radius 1 is 1.80 bits per heavy atom. The topological polar surface area (TPSA) is 57.0 Å². The Hall–Kier alpha value is 0.680. The van der Waals surface area contributed by atoms with E-state index in [2.05, 4.69) is 15.3 Å². The zero-order chi connectivity index (χ0) is 6.91. The summed E-state index contributed by atoms with van der Waals surface area (Å²) >= 11 is 10.5. The Morgan fingerprint density at radius 2 is 2.40 bits per heavy atom. The molecule has 0 fully saturated rings. The van der Waals surface area contributed by atoms with Gasteiger partial charge in [-0.2, -0.15) is 4.99 Å². The van der Waals surface area contributed by atoms with Crippen LogP contribution < -0.4 is 34.9 Å². The van der Waals surface area contributed by atoms with Gasteiger partial charge in [0, 0.05) is 0 Å². The fourth-order valence-corrected chi connectivity index (χ4v) is 0.697. The van der Waals surface area contributed by atoms with Gasteiger partial charge in [0.05, 0.1) is 6.34 Å². The number of amidine groups is 1. The second-order valence-electron chi connectivity index (χ2n) is 1.36. The fraction of sp³-hybridized carbons (Fsp3) is 0.333. The normalized spacial score (nSPS) is 30.1. The monoisotopic (exact) mass is 191 g/mol. The van der Waals surface area contributed by atoms with Crippen molar-refractivity contribution in [2.75, 3.05) is 0 Å². The van der Waals surface area contributed by atoms with Gasteiger partial charge in [-0.25, -0.2) is 4.99 Å². The van der Waals surface area contributed by atoms with Crippen LogP contribution in [0.5, 0.6) is 0 Å². The SMILES string of the molecule is OC1(Cl)N=CNC(Cl)=N1.[H-].[Na+]. The zero-order valence-corrected chi connectivity index (χ0v) is 8.69. The van der Waals surface area contributed by atoms with Gasteiger partial charge >= 0.3 is 34.9 Å². The van der Waals surface area contributed by atoms with Gasteiger partial charge in [0.2, 0.25) is 5.29 Å². The average Bonchev–Trinajstić information content (AvgIpc) is 1.60.